The molecule has 52 valence electrons. The average Bonchev–Trinajstić information content (AvgIpc) is 1.98. The van der Waals surface area contributed by atoms with Crippen LogP contribution >= 0.6 is 0 Å². The zero-order valence-electron chi connectivity index (χ0n) is 5.11. The van der Waals surface area contributed by atoms with Crippen LogP contribution in [-0.4, -0.2) is 46.8 Å². The molecule has 0 aromatic rings. The van der Waals surface area contributed by atoms with Crippen LogP contribution in [0, 0.1) is 0 Å². The molecular weight excluding hydrogens is 122 g/mol. The van der Waals surface area contributed by atoms with Crippen LogP contribution in [0.5, 0.6) is 0 Å². The number of hydrogen-bond donors (Lipinski definition) is 2. The number of aliphatic hydroxyl groups is 2. The van der Waals surface area contributed by atoms with E-state index in [1.165, 1.54) is 4.90 Å². The second-order valence-electron chi connectivity index (χ2n) is 2.23. The van der Waals surface area contributed by atoms with E-state index in [2.05, 4.69) is 0 Å². The Bertz CT molecular complexity index is 136. The molecule has 0 bridgehead atoms. The molecule has 0 aromatic heterocycles. The smallest absolute Gasteiger partial charge is 0.254 e. The third-order valence-corrected chi connectivity index (χ3v) is 1.45. The van der Waals surface area contributed by atoms with E-state index in [-0.39, 0.29) is 6.54 Å². The fourth-order valence-electron chi connectivity index (χ4n) is 0.861. The third-order valence-electron chi connectivity index (χ3n) is 1.45. The number of rotatable bonds is 0. The first kappa shape index (κ1) is 6.51. The molecule has 4 heteroatoms. The predicted molar refractivity (Wildman–Crippen MR) is 29.7 cm³/mol. The molecule has 1 heterocycles. The minimum Gasteiger partial charge on any atom is -0.388 e. The summed E-state index contributed by atoms with van der Waals surface area (Å²) in [5.74, 6) is -0.400. The molecule has 0 saturated carbocycles. The summed E-state index contributed by atoms with van der Waals surface area (Å²) in [4.78, 5) is 11.9. The third kappa shape index (κ3) is 0.906. The zero-order valence-corrected chi connectivity index (χ0v) is 5.11. The Kier molecular flexibility index (Phi) is 1.42. The summed E-state index contributed by atoms with van der Waals surface area (Å²) in [6.45, 7) is 0.236. The Labute approximate surface area is 52.7 Å². The topological polar surface area (TPSA) is 60.8 Å². The molecule has 1 amide bonds. The summed E-state index contributed by atoms with van der Waals surface area (Å²) < 4.78 is 0. The Balaban J connectivity index is 2.65. The second-order valence-corrected chi connectivity index (χ2v) is 2.23. The molecule has 1 saturated heterocycles. The lowest BCUT2D eigenvalue weighted by Gasteiger charge is -2.04. The first-order valence-corrected chi connectivity index (χ1v) is 2.74. The van der Waals surface area contributed by atoms with E-state index < -0.39 is 18.1 Å². The standard InChI is InChI=1S/C5H9NO3/c1-6-2-3(7)4(8)5(6)9/h3-4,7-8H,2H2,1H3/t3-,4+/m0/s1. The highest BCUT2D eigenvalue weighted by Gasteiger charge is 2.35. The van der Waals surface area contributed by atoms with Crippen molar-refractivity contribution in [2.45, 2.75) is 12.2 Å². The lowest BCUT2D eigenvalue weighted by atomic mass is 10.3. The van der Waals surface area contributed by atoms with Crippen molar-refractivity contribution in [2.24, 2.45) is 0 Å². The van der Waals surface area contributed by atoms with E-state index in [1.807, 2.05) is 0 Å². The highest BCUT2D eigenvalue weighted by molar-refractivity contribution is 5.83. The fourth-order valence-corrected chi connectivity index (χ4v) is 0.861. The van der Waals surface area contributed by atoms with Crippen molar-refractivity contribution in [1.82, 2.24) is 4.90 Å². The number of amides is 1. The SMILES string of the molecule is CN1C[C@H](O)[C@@H](O)C1=O. The Morgan fingerprint density at radius 2 is 2.22 bits per heavy atom. The second kappa shape index (κ2) is 1.97. The maximum absolute atomic E-state index is 10.6. The number of carbonyl (C=O) groups is 1. The molecule has 1 rings (SSSR count). The van der Waals surface area contributed by atoms with E-state index in [9.17, 15) is 4.79 Å². The summed E-state index contributed by atoms with van der Waals surface area (Å²) in [6.07, 6.45) is -2.10. The maximum atomic E-state index is 10.6. The number of carbonyl (C=O) groups excluding carboxylic acids is 1. The zero-order chi connectivity index (χ0) is 7.02. The lowest BCUT2D eigenvalue weighted by molar-refractivity contribution is -0.134. The van der Waals surface area contributed by atoms with Crippen LogP contribution in [0.4, 0.5) is 0 Å². The van der Waals surface area contributed by atoms with Crippen LogP contribution in [0.15, 0.2) is 0 Å². The van der Waals surface area contributed by atoms with Gasteiger partial charge in [0.1, 0.15) is 6.10 Å². The van der Waals surface area contributed by atoms with Crippen molar-refractivity contribution >= 4 is 5.91 Å². The molecule has 1 fully saturated rings. The van der Waals surface area contributed by atoms with Crippen LogP contribution in [0.3, 0.4) is 0 Å². The Morgan fingerprint density at radius 3 is 2.33 bits per heavy atom. The van der Waals surface area contributed by atoms with Crippen LogP contribution in [0.2, 0.25) is 0 Å². The molecule has 2 N–H and O–H groups in total. The Hall–Kier alpha value is -0.610. The fraction of sp³-hybridized carbons (Fsp3) is 0.800. The minimum absolute atomic E-state index is 0.236. The highest BCUT2D eigenvalue weighted by atomic mass is 16.3. The highest BCUT2D eigenvalue weighted by Crippen LogP contribution is 2.08. The summed E-state index contributed by atoms with van der Waals surface area (Å²) in [6, 6.07) is 0. The number of likely N-dealkylation sites (N-methyl/N-ethyl adjacent to an activating group) is 1. The molecule has 2 atom stereocenters. The molecule has 0 aliphatic carbocycles. The first-order chi connectivity index (χ1) is 4.13. The largest absolute Gasteiger partial charge is 0.388 e. The summed E-state index contributed by atoms with van der Waals surface area (Å²) in [7, 11) is 1.54. The molecule has 9 heavy (non-hydrogen) atoms. The lowest BCUT2D eigenvalue weighted by Crippen LogP contribution is -2.27. The number of β-amino-alcohol motifs (C(OH)–C–C–N with tert-alkyl or cyclic N) is 1. The van der Waals surface area contributed by atoms with Crippen LogP contribution < -0.4 is 0 Å². The number of likely N-dealkylation sites (tertiary alicyclic amines) is 1. The molecule has 4 nitrogen and oxygen atoms in total. The van der Waals surface area contributed by atoms with Gasteiger partial charge in [-0.25, -0.2) is 0 Å². The minimum atomic E-state index is -1.20. The molecule has 1 aliphatic heterocycles. The number of nitrogens with zero attached hydrogens (tertiary/aromatic N) is 1. The number of hydrogen-bond acceptors (Lipinski definition) is 3. The quantitative estimate of drug-likeness (QED) is 0.407. The maximum Gasteiger partial charge on any atom is 0.254 e. The van der Waals surface area contributed by atoms with E-state index in [4.69, 9.17) is 10.2 Å². The van der Waals surface area contributed by atoms with Gasteiger partial charge in [-0.2, -0.15) is 0 Å². The van der Waals surface area contributed by atoms with Crippen molar-refractivity contribution in [3.8, 4) is 0 Å². The Morgan fingerprint density at radius 1 is 1.67 bits per heavy atom. The van der Waals surface area contributed by atoms with Crippen molar-refractivity contribution in [3.63, 3.8) is 0 Å². The van der Waals surface area contributed by atoms with E-state index in [0.717, 1.165) is 0 Å². The molecule has 0 unspecified atom stereocenters. The normalized spacial score (nSPS) is 35.9. The van der Waals surface area contributed by atoms with Crippen molar-refractivity contribution in [1.29, 1.82) is 0 Å². The van der Waals surface area contributed by atoms with Crippen LogP contribution in [0.25, 0.3) is 0 Å². The van der Waals surface area contributed by atoms with Gasteiger partial charge in [0.25, 0.3) is 5.91 Å². The van der Waals surface area contributed by atoms with Gasteiger partial charge in [-0.15, -0.1) is 0 Å². The van der Waals surface area contributed by atoms with E-state index >= 15 is 0 Å². The van der Waals surface area contributed by atoms with Gasteiger partial charge in [-0.3, -0.25) is 4.79 Å². The van der Waals surface area contributed by atoms with Gasteiger partial charge in [0.2, 0.25) is 0 Å². The average molecular weight is 131 g/mol. The predicted octanol–water partition coefficient (Wildman–Crippen LogP) is -1.82. The monoisotopic (exact) mass is 131 g/mol. The van der Waals surface area contributed by atoms with Crippen molar-refractivity contribution < 1.29 is 15.0 Å². The summed E-state index contributed by atoms with van der Waals surface area (Å²) >= 11 is 0. The van der Waals surface area contributed by atoms with Gasteiger partial charge in [0.05, 0.1) is 0 Å². The van der Waals surface area contributed by atoms with Crippen LogP contribution in [-0.2, 0) is 4.79 Å². The summed E-state index contributed by atoms with van der Waals surface area (Å²) in [5.41, 5.74) is 0. The van der Waals surface area contributed by atoms with E-state index in [0.29, 0.717) is 0 Å². The molecule has 1 aliphatic rings. The van der Waals surface area contributed by atoms with Gasteiger partial charge in [-0.05, 0) is 0 Å². The van der Waals surface area contributed by atoms with Crippen LogP contribution in [0.1, 0.15) is 0 Å². The van der Waals surface area contributed by atoms with Gasteiger partial charge < -0.3 is 15.1 Å². The van der Waals surface area contributed by atoms with Crippen molar-refractivity contribution in [3.05, 3.63) is 0 Å². The summed E-state index contributed by atoms with van der Waals surface area (Å²) in [5, 5.41) is 17.6. The van der Waals surface area contributed by atoms with Gasteiger partial charge in [-0.1, -0.05) is 0 Å². The van der Waals surface area contributed by atoms with Gasteiger partial charge in [0, 0.05) is 13.6 Å². The molecule has 0 spiro atoms. The molecular formula is C5H9NO3. The first-order valence-electron chi connectivity index (χ1n) is 2.74. The number of aliphatic hydroxyl groups excluding tert-OH is 2. The van der Waals surface area contributed by atoms with E-state index in [1.54, 1.807) is 7.05 Å². The molecule has 0 aromatic carbocycles. The van der Waals surface area contributed by atoms with Crippen molar-refractivity contribution in [2.75, 3.05) is 13.6 Å². The van der Waals surface area contributed by atoms with Gasteiger partial charge >= 0.3 is 0 Å². The van der Waals surface area contributed by atoms with Gasteiger partial charge in [0.15, 0.2) is 6.10 Å². The molecule has 0 radical (unpaired) electrons.